The van der Waals surface area contributed by atoms with Gasteiger partial charge in [0.2, 0.25) is 0 Å². The summed E-state index contributed by atoms with van der Waals surface area (Å²) in [7, 11) is 0. The van der Waals surface area contributed by atoms with E-state index in [0.29, 0.717) is 24.4 Å². The third kappa shape index (κ3) is 3.61. The van der Waals surface area contributed by atoms with Crippen LogP contribution in [0.25, 0.3) is 5.57 Å². The van der Waals surface area contributed by atoms with E-state index in [1.165, 1.54) is 18.3 Å². The minimum absolute atomic E-state index is 0.00125. The van der Waals surface area contributed by atoms with Gasteiger partial charge in [-0.25, -0.2) is 13.8 Å². The number of halogens is 5. The first kappa shape index (κ1) is 19.5. The third-order valence-corrected chi connectivity index (χ3v) is 5.56. The van der Waals surface area contributed by atoms with Crippen LogP contribution < -0.4 is 5.32 Å². The van der Waals surface area contributed by atoms with E-state index >= 15 is 0 Å². The predicted molar refractivity (Wildman–Crippen MR) is 94.8 cm³/mol. The molecule has 2 aliphatic carbocycles. The Morgan fingerprint density at radius 3 is 2.41 bits per heavy atom. The highest BCUT2D eigenvalue weighted by atomic mass is 19.4. The second-order valence-electron chi connectivity index (χ2n) is 7.26. The third-order valence-electron chi connectivity index (χ3n) is 5.56. The largest absolute Gasteiger partial charge is 0.412 e. The zero-order valence-corrected chi connectivity index (χ0v) is 15.1. The molecule has 0 spiro atoms. The van der Waals surface area contributed by atoms with Crippen LogP contribution in [0, 0.1) is 23.5 Å². The molecule has 0 bridgehead atoms. The molecule has 152 valence electrons. The van der Waals surface area contributed by atoms with Crippen LogP contribution in [0.3, 0.4) is 0 Å². The van der Waals surface area contributed by atoms with Crippen molar-refractivity contribution < 1.29 is 26.7 Å². The number of rotatable bonds is 3. The van der Waals surface area contributed by atoms with Gasteiger partial charge in [0.25, 0.3) is 5.91 Å². The van der Waals surface area contributed by atoms with E-state index in [2.05, 4.69) is 15.3 Å². The van der Waals surface area contributed by atoms with Crippen LogP contribution in [0.5, 0.6) is 0 Å². The topological polar surface area (TPSA) is 54.9 Å². The first-order valence-corrected chi connectivity index (χ1v) is 9.12. The normalized spacial score (nSPS) is 21.4. The Morgan fingerprint density at radius 1 is 1.07 bits per heavy atom. The number of fused-ring (bicyclic) bond motifs is 1. The fraction of sp³-hybridized carbons (Fsp3) is 0.350. The predicted octanol–water partition coefficient (Wildman–Crippen LogP) is 5.14. The number of hydrogen-bond donors (Lipinski definition) is 1. The quantitative estimate of drug-likeness (QED) is 0.714. The van der Waals surface area contributed by atoms with Crippen LogP contribution in [0.2, 0.25) is 0 Å². The van der Waals surface area contributed by atoms with E-state index in [-0.39, 0.29) is 29.6 Å². The van der Waals surface area contributed by atoms with Gasteiger partial charge in [0.05, 0.1) is 12.4 Å². The highest BCUT2D eigenvalue weighted by molar-refractivity contribution is 6.04. The number of carbonyl (C=O) groups excluding carboxylic acids is 1. The number of amides is 1. The van der Waals surface area contributed by atoms with Crippen molar-refractivity contribution in [1.29, 1.82) is 0 Å². The molecule has 2 aromatic heterocycles. The van der Waals surface area contributed by atoms with Crippen LogP contribution in [0.1, 0.15) is 41.6 Å². The number of alkyl halides is 3. The summed E-state index contributed by atoms with van der Waals surface area (Å²) in [5, 5.41) is 2.25. The van der Waals surface area contributed by atoms with Crippen molar-refractivity contribution in [1.82, 2.24) is 9.97 Å². The molecule has 1 saturated carbocycles. The maximum Gasteiger partial charge on any atom is 0.412 e. The van der Waals surface area contributed by atoms with Crippen molar-refractivity contribution in [3.63, 3.8) is 0 Å². The molecule has 4 rings (SSSR count). The number of carbonyl (C=O) groups is 1. The Kier molecular flexibility index (Phi) is 4.84. The summed E-state index contributed by atoms with van der Waals surface area (Å²) in [6.45, 7) is 0. The second-order valence-corrected chi connectivity index (χ2v) is 7.26. The summed E-state index contributed by atoms with van der Waals surface area (Å²) in [6.07, 6.45) is 0.670. The van der Waals surface area contributed by atoms with E-state index in [1.54, 1.807) is 0 Å². The molecule has 9 heteroatoms. The summed E-state index contributed by atoms with van der Waals surface area (Å²) in [6, 6.07) is 2.77. The zero-order chi connectivity index (χ0) is 20.8. The molecule has 1 N–H and O–H groups in total. The Hall–Kier alpha value is -2.84. The van der Waals surface area contributed by atoms with Crippen LogP contribution in [0.4, 0.5) is 27.8 Å². The van der Waals surface area contributed by atoms with Gasteiger partial charge in [-0.3, -0.25) is 9.78 Å². The summed E-state index contributed by atoms with van der Waals surface area (Å²) in [4.78, 5) is 19.4. The Balaban J connectivity index is 1.60. The molecule has 2 aromatic rings. The molecule has 1 amide bonds. The lowest BCUT2D eigenvalue weighted by Gasteiger charge is -2.16. The minimum atomic E-state index is -4.40. The van der Waals surface area contributed by atoms with E-state index in [1.807, 2.05) is 0 Å². The monoisotopic (exact) mass is 409 g/mol. The standard InChI is InChI=1S/C20H16F5N3O/c21-14-8-26-9-15(22)18(14)19(29)28-16-5-4-11(7-27-16)17-12-3-1-2-10(12)6-13(17)20(23,24)25/h4-5,7-10,12H,1-3,6H2,(H,27,28,29). The molecule has 4 nitrogen and oxygen atoms in total. The summed E-state index contributed by atoms with van der Waals surface area (Å²) in [5.74, 6) is -3.48. The van der Waals surface area contributed by atoms with Crippen molar-refractivity contribution in [2.24, 2.45) is 11.8 Å². The molecule has 2 atom stereocenters. The minimum Gasteiger partial charge on any atom is -0.306 e. The highest BCUT2D eigenvalue weighted by Gasteiger charge is 2.47. The maximum absolute atomic E-state index is 13.7. The van der Waals surface area contributed by atoms with Crippen molar-refractivity contribution in [2.45, 2.75) is 31.9 Å². The Bertz CT molecular complexity index is 964. The number of aromatic nitrogens is 2. The Labute approximate surface area is 162 Å². The Morgan fingerprint density at radius 2 is 1.79 bits per heavy atom. The number of allylic oxidation sites excluding steroid dienone is 2. The van der Waals surface area contributed by atoms with Crippen molar-refractivity contribution in [3.8, 4) is 0 Å². The summed E-state index contributed by atoms with van der Waals surface area (Å²) >= 11 is 0. The van der Waals surface area contributed by atoms with Gasteiger partial charge < -0.3 is 5.32 Å². The van der Waals surface area contributed by atoms with Crippen LogP contribution in [0.15, 0.2) is 36.3 Å². The fourth-order valence-electron chi connectivity index (χ4n) is 4.35. The van der Waals surface area contributed by atoms with Crippen LogP contribution in [-0.4, -0.2) is 22.1 Å². The first-order chi connectivity index (χ1) is 13.8. The average Bonchev–Trinajstić information content (AvgIpc) is 3.23. The van der Waals surface area contributed by atoms with Gasteiger partial charge in [-0.1, -0.05) is 6.42 Å². The van der Waals surface area contributed by atoms with Gasteiger partial charge in [-0.05, 0) is 54.4 Å². The highest BCUT2D eigenvalue weighted by Crippen LogP contribution is 2.55. The van der Waals surface area contributed by atoms with Gasteiger partial charge in [-0.15, -0.1) is 0 Å². The van der Waals surface area contributed by atoms with Crippen molar-refractivity contribution in [2.75, 3.05) is 5.32 Å². The molecular formula is C20H16F5N3O. The molecule has 29 heavy (non-hydrogen) atoms. The molecule has 1 fully saturated rings. The lowest BCUT2D eigenvalue weighted by Crippen LogP contribution is -2.17. The van der Waals surface area contributed by atoms with Crippen LogP contribution in [-0.2, 0) is 0 Å². The number of nitrogens with one attached hydrogen (secondary N) is 1. The van der Waals surface area contributed by atoms with Gasteiger partial charge in [0.1, 0.15) is 11.4 Å². The van der Waals surface area contributed by atoms with E-state index in [0.717, 1.165) is 12.8 Å². The lowest BCUT2D eigenvalue weighted by molar-refractivity contribution is -0.0933. The number of anilines is 1. The molecule has 0 radical (unpaired) electrons. The molecule has 2 aliphatic rings. The maximum atomic E-state index is 13.7. The van der Waals surface area contributed by atoms with Crippen LogP contribution >= 0.6 is 0 Å². The summed E-state index contributed by atoms with van der Waals surface area (Å²) < 4.78 is 67.8. The smallest absolute Gasteiger partial charge is 0.306 e. The first-order valence-electron chi connectivity index (χ1n) is 9.12. The van der Waals surface area contributed by atoms with E-state index in [4.69, 9.17) is 0 Å². The van der Waals surface area contributed by atoms with Crippen molar-refractivity contribution in [3.05, 3.63) is 59.1 Å². The van der Waals surface area contributed by atoms with E-state index in [9.17, 15) is 26.7 Å². The van der Waals surface area contributed by atoms with Gasteiger partial charge in [0, 0.05) is 11.8 Å². The van der Waals surface area contributed by atoms with Gasteiger partial charge in [0.15, 0.2) is 11.6 Å². The molecule has 2 heterocycles. The summed E-state index contributed by atoms with van der Waals surface area (Å²) in [5.41, 5.74) is -0.688. The van der Waals surface area contributed by atoms with E-state index < -0.39 is 34.9 Å². The number of pyridine rings is 2. The number of nitrogens with zero attached hydrogens (tertiary/aromatic N) is 2. The van der Waals surface area contributed by atoms with Crippen molar-refractivity contribution >= 4 is 17.3 Å². The van der Waals surface area contributed by atoms with Gasteiger partial charge in [-0.2, -0.15) is 13.2 Å². The zero-order valence-electron chi connectivity index (χ0n) is 15.1. The molecule has 2 unspecified atom stereocenters. The molecule has 0 aliphatic heterocycles. The second kappa shape index (κ2) is 7.20. The SMILES string of the molecule is O=C(Nc1ccc(C2=C(C(F)(F)F)CC3CCCC23)cn1)c1c(F)cncc1F. The molecular weight excluding hydrogens is 393 g/mol. The fourth-order valence-corrected chi connectivity index (χ4v) is 4.35. The number of hydrogen-bond acceptors (Lipinski definition) is 3. The molecule has 0 saturated heterocycles. The lowest BCUT2D eigenvalue weighted by atomic mass is 9.91. The molecule has 0 aromatic carbocycles. The average molecular weight is 409 g/mol. The van der Waals surface area contributed by atoms with Gasteiger partial charge >= 0.3 is 6.18 Å².